The fourth-order valence-electron chi connectivity index (χ4n) is 2.02. The van der Waals surface area contributed by atoms with Gasteiger partial charge in [-0.1, -0.05) is 41.4 Å². The van der Waals surface area contributed by atoms with Gasteiger partial charge in [-0.15, -0.1) is 0 Å². The highest BCUT2D eigenvalue weighted by atomic mass is 35.5. The van der Waals surface area contributed by atoms with Crippen LogP contribution < -0.4 is 5.32 Å². The number of amides is 1. The molecule has 0 saturated carbocycles. The highest BCUT2D eigenvalue weighted by Gasteiger charge is 2.12. The van der Waals surface area contributed by atoms with E-state index in [0.29, 0.717) is 11.4 Å². The molecule has 0 aliphatic heterocycles. The molecule has 0 aliphatic rings. The number of aromatic amines is 1. The number of carbonyl (C=O) groups is 1. The lowest BCUT2D eigenvalue weighted by Gasteiger charge is -2.06. The largest absolute Gasteiger partial charge is 0.351 e. The zero-order chi connectivity index (χ0) is 15.0. The maximum absolute atomic E-state index is 13.3. The van der Waals surface area contributed by atoms with Crippen LogP contribution in [-0.2, 0) is 0 Å². The van der Waals surface area contributed by atoms with Gasteiger partial charge >= 0.3 is 0 Å². The number of H-pyrrole nitrogens is 1. The number of rotatable bonds is 2. The standard InChI is InChI=1S/C15H9Cl2FN2O/c16-10-6-9(7-11(17)14(10)18)19-15(21)13-5-8-3-1-2-4-12(8)20-13/h1-7,20H,(H,19,21). The van der Waals surface area contributed by atoms with E-state index in [0.717, 1.165) is 10.9 Å². The molecule has 0 radical (unpaired) electrons. The molecule has 3 rings (SSSR count). The molecule has 2 N–H and O–H groups in total. The summed E-state index contributed by atoms with van der Waals surface area (Å²) in [5.74, 6) is -1.06. The van der Waals surface area contributed by atoms with Gasteiger partial charge in [-0.05, 0) is 24.3 Å². The van der Waals surface area contributed by atoms with Gasteiger partial charge in [0.15, 0.2) is 5.82 Å². The van der Waals surface area contributed by atoms with E-state index < -0.39 is 5.82 Å². The number of hydrogen-bond acceptors (Lipinski definition) is 1. The van der Waals surface area contributed by atoms with Crippen LogP contribution in [0.2, 0.25) is 10.0 Å². The van der Waals surface area contributed by atoms with E-state index in [1.165, 1.54) is 12.1 Å². The van der Waals surface area contributed by atoms with E-state index in [1.807, 2.05) is 24.3 Å². The lowest BCUT2D eigenvalue weighted by Crippen LogP contribution is -2.12. The smallest absolute Gasteiger partial charge is 0.272 e. The van der Waals surface area contributed by atoms with Crippen LogP contribution in [0.4, 0.5) is 10.1 Å². The van der Waals surface area contributed by atoms with Crippen LogP contribution in [-0.4, -0.2) is 10.9 Å². The summed E-state index contributed by atoms with van der Waals surface area (Å²) in [7, 11) is 0. The molecule has 1 heterocycles. The monoisotopic (exact) mass is 322 g/mol. The molecular weight excluding hydrogens is 314 g/mol. The Balaban J connectivity index is 1.89. The van der Waals surface area contributed by atoms with Crippen molar-refractivity contribution in [3.05, 3.63) is 64.0 Å². The molecule has 0 fully saturated rings. The van der Waals surface area contributed by atoms with Crippen molar-refractivity contribution in [2.75, 3.05) is 5.32 Å². The molecule has 1 amide bonds. The molecule has 0 aliphatic carbocycles. The number of aromatic nitrogens is 1. The summed E-state index contributed by atoms with van der Waals surface area (Å²) in [4.78, 5) is 15.2. The highest BCUT2D eigenvalue weighted by molar-refractivity contribution is 6.35. The van der Waals surface area contributed by atoms with Crippen LogP contribution >= 0.6 is 23.2 Å². The average molecular weight is 323 g/mol. The number of nitrogens with one attached hydrogen (secondary N) is 2. The predicted molar refractivity (Wildman–Crippen MR) is 82.7 cm³/mol. The Morgan fingerprint density at radius 1 is 1.10 bits per heavy atom. The van der Waals surface area contributed by atoms with Gasteiger partial charge in [0.2, 0.25) is 0 Å². The molecule has 2 aromatic carbocycles. The van der Waals surface area contributed by atoms with E-state index in [1.54, 1.807) is 6.07 Å². The minimum absolute atomic E-state index is 0.144. The molecule has 0 saturated heterocycles. The maximum Gasteiger partial charge on any atom is 0.272 e. The summed E-state index contributed by atoms with van der Waals surface area (Å²) < 4.78 is 13.3. The summed E-state index contributed by atoms with van der Waals surface area (Å²) in [6, 6.07) is 11.9. The highest BCUT2D eigenvalue weighted by Crippen LogP contribution is 2.27. The third kappa shape index (κ3) is 2.73. The lowest BCUT2D eigenvalue weighted by molar-refractivity contribution is 0.102. The topological polar surface area (TPSA) is 44.9 Å². The Morgan fingerprint density at radius 2 is 1.76 bits per heavy atom. The molecule has 3 nitrogen and oxygen atoms in total. The number of halogens is 3. The van der Waals surface area contributed by atoms with Crippen molar-refractivity contribution >= 4 is 45.7 Å². The zero-order valence-electron chi connectivity index (χ0n) is 10.6. The van der Waals surface area contributed by atoms with Crippen molar-refractivity contribution in [2.45, 2.75) is 0 Å². The first kappa shape index (κ1) is 13.9. The number of fused-ring (bicyclic) bond motifs is 1. The van der Waals surface area contributed by atoms with Crippen molar-refractivity contribution in [1.82, 2.24) is 4.98 Å². The van der Waals surface area contributed by atoms with Gasteiger partial charge in [0.1, 0.15) is 5.69 Å². The molecule has 1 aromatic heterocycles. The second kappa shape index (κ2) is 5.39. The normalized spacial score (nSPS) is 10.8. The van der Waals surface area contributed by atoms with E-state index in [4.69, 9.17) is 23.2 Å². The summed E-state index contributed by atoms with van der Waals surface area (Å²) in [6.45, 7) is 0. The minimum Gasteiger partial charge on any atom is -0.351 e. The van der Waals surface area contributed by atoms with Crippen molar-refractivity contribution in [2.24, 2.45) is 0 Å². The third-order valence-corrected chi connectivity index (χ3v) is 3.57. The summed E-state index contributed by atoms with van der Waals surface area (Å²) in [5, 5.41) is 3.26. The van der Waals surface area contributed by atoms with E-state index >= 15 is 0 Å². The van der Waals surface area contributed by atoms with Crippen LogP contribution in [0.3, 0.4) is 0 Å². The van der Waals surface area contributed by atoms with E-state index in [-0.39, 0.29) is 16.0 Å². The first-order chi connectivity index (χ1) is 10.0. The van der Waals surface area contributed by atoms with E-state index in [9.17, 15) is 9.18 Å². The molecular formula is C15H9Cl2FN2O. The van der Waals surface area contributed by atoms with Gasteiger partial charge in [0.05, 0.1) is 10.0 Å². The van der Waals surface area contributed by atoms with Gasteiger partial charge in [-0.2, -0.15) is 0 Å². The average Bonchev–Trinajstić information content (AvgIpc) is 2.88. The molecule has 0 unspecified atom stereocenters. The molecule has 0 atom stereocenters. The van der Waals surface area contributed by atoms with Gasteiger partial charge in [-0.3, -0.25) is 4.79 Å². The lowest BCUT2D eigenvalue weighted by atomic mass is 10.2. The fraction of sp³-hybridized carbons (Fsp3) is 0. The Bertz CT molecular complexity index is 789. The third-order valence-electron chi connectivity index (χ3n) is 3.02. The predicted octanol–water partition coefficient (Wildman–Crippen LogP) is 4.87. The molecule has 106 valence electrons. The Kier molecular flexibility index (Phi) is 3.57. The number of anilines is 1. The first-order valence-electron chi connectivity index (χ1n) is 6.08. The zero-order valence-corrected chi connectivity index (χ0v) is 12.1. The number of para-hydroxylation sites is 1. The second-order valence-corrected chi connectivity index (χ2v) is 5.29. The molecule has 0 bridgehead atoms. The van der Waals surface area contributed by atoms with Crippen LogP contribution in [0.25, 0.3) is 10.9 Å². The van der Waals surface area contributed by atoms with Crippen LogP contribution in [0.5, 0.6) is 0 Å². The van der Waals surface area contributed by atoms with Gasteiger partial charge in [-0.25, -0.2) is 4.39 Å². The van der Waals surface area contributed by atoms with Crippen LogP contribution in [0.15, 0.2) is 42.5 Å². The number of benzene rings is 2. The first-order valence-corrected chi connectivity index (χ1v) is 6.84. The summed E-state index contributed by atoms with van der Waals surface area (Å²) >= 11 is 11.4. The summed E-state index contributed by atoms with van der Waals surface area (Å²) in [5.41, 5.74) is 1.58. The minimum atomic E-state index is -0.707. The van der Waals surface area contributed by atoms with Gasteiger partial charge in [0, 0.05) is 16.6 Å². The SMILES string of the molecule is O=C(Nc1cc(Cl)c(F)c(Cl)c1)c1cc2ccccc2[nH]1. The maximum atomic E-state index is 13.3. The Labute approximate surface area is 129 Å². The molecule has 0 spiro atoms. The van der Waals surface area contributed by atoms with Crippen molar-refractivity contribution < 1.29 is 9.18 Å². The van der Waals surface area contributed by atoms with Crippen molar-refractivity contribution in [3.8, 4) is 0 Å². The Hall–Kier alpha value is -2.04. The van der Waals surface area contributed by atoms with E-state index in [2.05, 4.69) is 10.3 Å². The quantitative estimate of drug-likeness (QED) is 0.650. The second-order valence-electron chi connectivity index (χ2n) is 4.48. The fourth-order valence-corrected chi connectivity index (χ4v) is 2.51. The van der Waals surface area contributed by atoms with Gasteiger partial charge < -0.3 is 10.3 Å². The number of carbonyl (C=O) groups excluding carboxylic acids is 1. The molecule has 6 heteroatoms. The number of hydrogen-bond donors (Lipinski definition) is 2. The molecule has 3 aromatic rings. The Morgan fingerprint density at radius 3 is 2.43 bits per heavy atom. The van der Waals surface area contributed by atoms with Crippen LogP contribution in [0.1, 0.15) is 10.5 Å². The molecule has 21 heavy (non-hydrogen) atoms. The van der Waals surface area contributed by atoms with Crippen molar-refractivity contribution in [1.29, 1.82) is 0 Å². The van der Waals surface area contributed by atoms with Crippen molar-refractivity contribution in [3.63, 3.8) is 0 Å². The summed E-state index contributed by atoms with van der Waals surface area (Å²) in [6.07, 6.45) is 0. The van der Waals surface area contributed by atoms with Gasteiger partial charge in [0.25, 0.3) is 5.91 Å². The van der Waals surface area contributed by atoms with Crippen LogP contribution in [0, 0.1) is 5.82 Å².